The van der Waals surface area contributed by atoms with Crippen molar-refractivity contribution in [1.82, 2.24) is 10.0 Å². The Balaban J connectivity index is 2.19. The summed E-state index contributed by atoms with van der Waals surface area (Å²) in [7, 11) is -2.00. The maximum atomic E-state index is 12.0. The lowest BCUT2D eigenvalue weighted by molar-refractivity contribution is -0.0703. The normalized spacial score (nSPS) is 24.5. The zero-order valence-corrected chi connectivity index (χ0v) is 15.6. The molecule has 0 unspecified atom stereocenters. The maximum absolute atomic E-state index is 12.0. The van der Waals surface area contributed by atoms with Crippen LogP contribution < -0.4 is 10.0 Å². The first kappa shape index (κ1) is 18.4. The third-order valence-corrected chi connectivity index (χ3v) is 5.87. The minimum Gasteiger partial charge on any atom is -0.368 e. The van der Waals surface area contributed by atoms with Gasteiger partial charge in [0.2, 0.25) is 10.0 Å². The fraction of sp³-hybridized carbons (Fsp3) is 0.647. The number of hydrogen-bond acceptors (Lipinski definition) is 4. The standard InChI is InChI=1S/C17H28N2O3S/c1-12(19-15-11-16(2,3)22-17(15,4)5)13-8-7-9-14(10-13)23(20,21)18-6/h7-10,12,15,18-19H,11H2,1-6H3/t12-,15-/m0/s1. The second kappa shape index (κ2) is 6.16. The molecular formula is C17H28N2O3S. The van der Waals surface area contributed by atoms with E-state index in [4.69, 9.17) is 4.74 Å². The topological polar surface area (TPSA) is 67.4 Å². The fourth-order valence-corrected chi connectivity index (χ4v) is 4.07. The van der Waals surface area contributed by atoms with E-state index in [9.17, 15) is 8.42 Å². The molecule has 23 heavy (non-hydrogen) atoms. The molecule has 0 bridgehead atoms. The van der Waals surface area contributed by atoms with Gasteiger partial charge in [-0.15, -0.1) is 0 Å². The van der Waals surface area contributed by atoms with Crippen LogP contribution in [-0.4, -0.2) is 32.7 Å². The van der Waals surface area contributed by atoms with Gasteiger partial charge in [-0.3, -0.25) is 0 Å². The molecule has 130 valence electrons. The predicted molar refractivity (Wildman–Crippen MR) is 91.9 cm³/mol. The van der Waals surface area contributed by atoms with Crippen molar-refractivity contribution >= 4 is 10.0 Å². The zero-order valence-electron chi connectivity index (χ0n) is 14.8. The Morgan fingerprint density at radius 1 is 1.26 bits per heavy atom. The number of sulfonamides is 1. The van der Waals surface area contributed by atoms with Crippen LogP contribution >= 0.6 is 0 Å². The highest BCUT2D eigenvalue weighted by molar-refractivity contribution is 7.89. The van der Waals surface area contributed by atoms with Crippen molar-refractivity contribution < 1.29 is 13.2 Å². The smallest absolute Gasteiger partial charge is 0.240 e. The van der Waals surface area contributed by atoms with E-state index in [2.05, 4.69) is 37.7 Å². The Labute approximate surface area is 139 Å². The van der Waals surface area contributed by atoms with Crippen LogP contribution in [-0.2, 0) is 14.8 Å². The lowest BCUT2D eigenvalue weighted by Crippen LogP contribution is -2.44. The van der Waals surface area contributed by atoms with Crippen molar-refractivity contribution in [2.24, 2.45) is 0 Å². The van der Waals surface area contributed by atoms with Crippen LogP contribution in [0.1, 0.15) is 52.6 Å². The molecule has 0 amide bonds. The van der Waals surface area contributed by atoms with E-state index in [0.29, 0.717) is 0 Å². The van der Waals surface area contributed by atoms with Crippen LogP contribution in [0.25, 0.3) is 0 Å². The molecule has 0 aromatic heterocycles. The van der Waals surface area contributed by atoms with Gasteiger partial charge in [0.05, 0.1) is 16.1 Å². The summed E-state index contributed by atoms with van der Waals surface area (Å²) in [6, 6.07) is 7.28. The molecule has 2 N–H and O–H groups in total. The summed E-state index contributed by atoms with van der Waals surface area (Å²) in [6.45, 7) is 10.4. The Hall–Kier alpha value is -0.950. The van der Waals surface area contributed by atoms with E-state index in [0.717, 1.165) is 12.0 Å². The SMILES string of the molecule is CNS(=O)(=O)c1cccc([C@H](C)N[C@H]2CC(C)(C)OC2(C)C)c1. The average Bonchev–Trinajstić information content (AvgIpc) is 2.66. The molecule has 0 saturated carbocycles. The molecule has 6 heteroatoms. The lowest BCUT2D eigenvalue weighted by Gasteiger charge is -2.30. The van der Waals surface area contributed by atoms with Crippen LogP contribution in [0.5, 0.6) is 0 Å². The minimum atomic E-state index is -3.43. The molecule has 1 heterocycles. The number of nitrogens with one attached hydrogen (secondary N) is 2. The maximum Gasteiger partial charge on any atom is 0.240 e. The van der Waals surface area contributed by atoms with Crippen molar-refractivity contribution in [1.29, 1.82) is 0 Å². The number of rotatable bonds is 5. The Kier molecular flexibility index (Phi) is 4.93. The second-order valence-corrected chi connectivity index (χ2v) is 9.28. The summed E-state index contributed by atoms with van der Waals surface area (Å²) >= 11 is 0. The number of benzene rings is 1. The number of ether oxygens (including phenoxy) is 1. The Bertz CT molecular complexity index is 668. The molecule has 1 saturated heterocycles. The molecule has 2 atom stereocenters. The molecule has 2 rings (SSSR count). The summed E-state index contributed by atoms with van der Waals surface area (Å²) in [6.07, 6.45) is 0.916. The van der Waals surface area contributed by atoms with E-state index in [1.807, 2.05) is 13.0 Å². The van der Waals surface area contributed by atoms with Gasteiger partial charge in [-0.2, -0.15) is 0 Å². The van der Waals surface area contributed by atoms with Gasteiger partial charge in [0, 0.05) is 12.1 Å². The summed E-state index contributed by atoms with van der Waals surface area (Å²) < 4.78 is 32.4. The van der Waals surface area contributed by atoms with Crippen LogP contribution in [0.2, 0.25) is 0 Å². The van der Waals surface area contributed by atoms with Crippen molar-refractivity contribution in [3.8, 4) is 0 Å². The molecule has 5 nitrogen and oxygen atoms in total. The van der Waals surface area contributed by atoms with Crippen LogP contribution in [0.4, 0.5) is 0 Å². The van der Waals surface area contributed by atoms with Gasteiger partial charge in [0.15, 0.2) is 0 Å². The first-order valence-corrected chi connectivity index (χ1v) is 9.45. The van der Waals surface area contributed by atoms with Gasteiger partial charge in [0.1, 0.15) is 0 Å². The summed E-state index contributed by atoms with van der Waals surface area (Å²) in [4.78, 5) is 0.286. The quantitative estimate of drug-likeness (QED) is 0.864. The van der Waals surface area contributed by atoms with Gasteiger partial charge in [-0.05, 0) is 65.8 Å². The van der Waals surface area contributed by atoms with E-state index in [-0.39, 0.29) is 28.2 Å². The lowest BCUT2D eigenvalue weighted by atomic mass is 9.93. The van der Waals surface area contributed by atoms with Crippen LogP contribution in [0, 0.1) is 0 Å². The fourth-order valence-electron chi connectivity index (χ4n) is 3.29. The van der Waals surface area contributed by atoms with E-state index in [1.165, 1.54) is 7.05 Å². The molecule has 1 fully saturated rings. The van der Waals surface area contributed by atoms with Crippen LogP contribution in [0.3, 0.4) is 0 Å². The molecule has 0 spiro atoms. The molecule has 1 aliphatic rings. The van der Waals surface area contributed by atoms with Crippen LogP contribution in [0.15, 0.2) is 29.2 Å². The van der Waals surface area contributed by atoms with Crippen molar-refractivity contribution in [2.45, 2.75) is 69.2 Å². The molecule has 1 aromatic rings. The van der Waals surface area contributed by atoms with Gasteiger partial charge in [-0.25, -0.2) is 13.1 Å². The highest BCUT2D eigenvalue weighted by Crippen LogP contribution is 2.38. The summed E-state index contributed by atoms with van der Waals surface area (Å²) in [5, 5.41) is 3.60. The van der Waals surface area contributed by atoms with Gasteiger partial charge < -0.3 is 10.1 Å². The van der Waals surface area contributed by atoms with E-state index >= 15 is 0 Å². The number of hydrogen-bond donors (Lipinski definition) is 2. The highest BCUT2D eigenvalue weighted by atomic mass is 32.2. The van der Waals surface area contributed by atoms with Crippen molar-refractivity contribution in [2.75, 3.05) is 7.05 Å². The Morgan fingerprint density at radius 2 is 1.91 bits per heavy atom. The second-order valence-electron chi connectivity index (χ2n) is 7.39. The zero-order chi connectivity index (χ0) is 17.5. The predicted octanol–water partition coefficient (Wildman–Crippen LogP) is 2.59. The molecular weight excluding hydrogens is 312 g/mol. The third kappa shape index (κ3) is 4.12. The molecule has 1 aliphatic heterocycles. The minimum absolute atomic E-state index is 0.0313. The highest BCUT2D eigenvalue weighted by Gasteiger charge is 2.46. The largest absolute Gasteiger partial charge is 0.368 e. The van der Waals surface area contributed by atoms with E-state index in [1.54, 1.807) is 18.2 Å². The average molecular weight is 340 g/mol. The van der Waals surface area contributed by atoms with Crippen molar-refractivity contribution in [3.05, 3.63) is 29.8 Å². The van der Waals surface area contributed by atoms with Gasteiger partial charge in [-0.1, -0.05) is 12.1 Å². The monoisotopic (exact) mass is 340 g/mol. The first-order valence-electron chi connectivity index (χ1n) is 7.97. The van der Waals surface area contributed by atoms with Gasteiger partial charge in [0.25, 0.3) is 0 Å². The van der Waals surface area contributed by atoms with Crippen molar-refractivity contribution in [3.63, 3.8) is 0 Å². The third-order valence-electron chi connectivity index (χ3n) is 4.46. The molecule has 0 aliphatic carbocycles. The first-order chi connectivity index (χ1) is 10.5. The molecule has 1 aromatic carbocycles. The Morgan fingerprint density at radius 3 is 2.43 bits per heavy atom. The molecule has 0 radical (unpaired) electrons. The summed E-state index contributed by atoms with van der Waals surface area (Å²) in [5.74, 6) is 0. The van der Waals surface area contributed by atoms with E-state index < -0.39 is 10.0 Å². The summed E-state index contributed by atoms with van der Waals surface area (Å²) in [5.41, 5.74) is 0.534. The van der Waals surface area contributed by atoms with Gasteiger partial charge >= 0.3 is 0 Å².